The number of rotatable bonds is 6. The van der Waals surface area contributed by atoms with Gasteiger partial charge in [0.1, 0.15) is 0 Å². The summed E-state index contributed by atoms with van der Waals surface area (Å²) in [6.07, 6.45) is 2.30. The third kappa shape index (κ3) is 5.03. The number of likely N-dealkylation sites (N-methyl/N-ethyl adjacent to an activating group) is 1. The Kier molecular flexibility index (Phi) is 6.24. The van der Waals surface area contributed by atoms with Crippen molar-refractivity contribution in [1.82, 2.24) is 20.4 Å². The lowest BCUT2D eigenvalue weighted by molar-refractivity contribution is 0.0951. The molecular formula is C19H30N4O. The van der Waals surface area contributed by atoms with E-state index in [1.54, 1.807) is 0 Å². The van der Waals surface area contributed by atoms with E-state index >= 15 is 0 Å². The lowest BCUT2D eigenvalue weighted by Gasteiger charge is -2.32. The maximum absolute atomic E-state index is 12.2. The van der Waals surface area contributed by atoms with Gasteiger partial charge in [-0.05, 0) is 56.6 Å². The molecule has 2 N–H and O–H groups in total. The number of hydrogen-bond acceptors (Lipinski definition) is 4. The number of hydrogen-bond donors (Lipinski definition) is 2. The summed E-state index contributed by atoms with van der Waals surface area (Å²) in [5, 5.41) is 6.41. The van der Waals surface area contributed by atoms with Crippen molar-refractivity contribution >= 4 is 5.91 Å². The van der Waals surface area contributed by atoms with E-state index in [-0.39, 0.29) is 5.91 Å². The lowest BCUT2D eigenvalue weighted by Crippen LogP contribution is -2.43. The zero-order valence-corrected chi connectivity index (χ0v) is 14.8. The number of benzene rings is 1. The molecule has 0 radical (unpaired) electrons. The highest BCUT2D eigenvalue weighted by molar-refractivity contribution is 5.94. The zero-order valence-electron chi connectivity index (χ0n) is 14.8. The van der Waals surface area contributed by atoms with E-state index in [0.717, 1.165) is 70.3 Å². The number of carbonyl (C=O) groups excluding carboxylic acids is 1. The normalized spacial score (nSPS) is 22.6. The van der Waals surface area contributed by atoms with Crippen molar-refractivity contribution in [3.8, 4) is 0 Å². The molecule has 1 unspecified atom stereocenters. The van der Waals surface area contributed by atoms with E-state index in [9.17, 15) is 4.79 Å². The third-order valence-electron chi connectivity index (χ3n) is 5.22. The molecule has 0 aliphatic carbocycles. The maximum Gasteiger partial charge on any atom is 0.251 e. The lowest BCUT2D eigenvalue weighted by atomic mass is 10.1. The molecule has 0 bridgehead atoms. The van der Waals surface area contributed by atoms with Crippen molar-refractivity contribution in [3.05, 3.63) is 35.4 Å². The van der Waals surface area contributed by atoms with Crippen LogP contribution in [0.25, 0.3) is 0 Å². The van der Waals surface area contributed by atoms with Crippen molar-refractivity contribution in [3.63, 3.8) is 0 Å². The zero-order chi connectivity index (χ0) is 16.8. The van der Waals surface area contributed by atoms with Crippen LogP contribution in [0.1, 0.15) is 28.8 Å². The molecule has 3 rings (SSSR count). The van der Waals surface area contributed by atoms with Gasteiger partial charge < -0.3 is 15.5 Å². The highest BCUT2D eigenvalue weighted by Crippen LogP contribution is 2.12. The second-order valence-electron chi connectivity index (χ2n) is 7.18. The summed E-state index contributed by atoms with van der Waals surface area (Å²) in [6, 6.07) is 8.10. The van der Waals surface area contributed by atoms with Crippen LogP contribution in [0.2, 0.25) is 0 Å². The van der Waals surface area contributed by atoms with Gasteiger partial charge in [0.05, 0.1) is 0 Å². The second kappa shape index (κ2) is 8.60. The molecule has 2 saturated heterocycles. The molecule has 2 aliphatic heterocycles. The summed E-state index contributed by atoms with van der Waals surface area (Å²) in [7, 11) is 2.17. The Bertz CT molecular complexity index is 517. The molecule has 0 aromatic heterocycles. The number of nitrogens with one attached hydrogen (secondary N) is 2. The van der Waals surface area contributed by atoms with Crippen LogP contribution in [0.3, 0.4) is 0 Å². The second-order valence-corrected chi connectivity index (χ2v) is 7.18. The van der Waals surface area contributed by atoms with Gasteiger partial charge in [-0.1, -0.05) is 12.1 Å². The molecule has 132 valence electrons. The van der Waals surface area contributed by atoms with Crippen LogP contribution < -0.4 is 10.6 Å². The molecule has 2 fully saturated rings. The number of carbonyl (C=O) groups is 1. The van der Waals surface area contributed by atoms with Crippen LogP contribution in [0.5, 0.6) is 0 Å². The first-order valence-corrected chi connectivity index (χ1v) is 9.19. The van der Waals surface area contributed by atoms with Crippen LogP contribution in [-0.2, 0) is 6.54 Å². The van der Waals surface area contributed by atoms with Gasteiger partial charge in [0.25, 0.3) is 5.91 Å². The Morgan fingerprint density at radius 3 is 2.62 bits per heavy atom. The third-order valence-corrected chi connectivity index (χ3v) is 5.22. The average Bonchev–Trinajstić information content (AvgIpc) is 3.11. The molecule has 1 amide bonds. The Morgan fingerprint density at radius 1 is 1.21 bits per heavy atom. The summed E-state index contributed by atoms with van der Waals surface area (Å²) in [6.45, 7) is 8.47. The first-order valence-electron chi connectivity index (χ1n) is 9.19. The Labute approximate surface area is 145 Å². The summed E-state index contributed by atoms with van der Waals surface area (Å²) in [5.74, 6) is 0.767. The predicted octanol–water partition coefficient (Wildman–Crippen LogP) is 1.16. The minimum Gasteiger partial charge on any atom is -0.352 e. The van der Waals surface area contributed by atoms with E-state index in [4.69, 9.17) is 0 Å². The molecule has 0 saturated carbocycles. The van der Waals surface area contributed by atoms with Crippen molar-refractivity contribution in [2.75, 3.05) is 52.9 Å². The number of nitrogens with zero attached hydrogens (tertiary/aromatic N) is 2. The fourth-order valence-corrected chi connectivity index (χ4v) is 3.48. The molecule has 0 spiro atoms. The molecule has 5 nitrogen and oxygen atoms in total. The Morgan fingerprint density at radius 2 is 1.96 bits per heavy atom. The Hall–Kier alpha value is -1.43. The average molecular weight is 330 g/mol. The monoisotopic (exact) mass is 330 g/mol. The standard InChI is InChI=1S/C19H30N4O/c1-22-10-12-23(13-11-22)15-17-2-4-18(5-3-17)19(24)21-9-7-16-6-8-20-14-16/h2-5,16,20H,6-15H2,1H3,(H,21,24). The van der Waals surface area contributed by atoms with E-state index in [2.05, 4.69) is 39.6 Å². The highest BCUT2D eigenvalue weighted by atomic mass is 16.1. The van der Waals surface area contributed by atoms with E-state index in [1.165, 1.54) is 12.0 Å². The van der Waals surface area contributed by atoms with Gasteiger partial charge >= 0.3 is 0 Å². The molecule has 1 atom stereocenters. The fraction of sp³-hybridized carbons (Fsp3) is 0.632. The Balaban J connectivity index is 1.42. The minimum atomic E-state index is 0.0482. The van der Waals surface area contributed by atoms with Gasteiger partial charge in [-0.3, -0.25) is 9.69 Å². The summed E-state index contributed by atoms with van der Waals surface area (Å²) in [5.41, 5.74) is 2.05. The molecule has 24 heavy (non-hydrogen) atoms. The molecule has 2 aliphatic rings. The van der Waals surface area contributed by atoms with Crippen molar-refractivity contribution in [1.29, 1.82) is 0 Å². The molecule has 2 heterocycles. The van der Waals surface area contributed by atoms with Gasteiger partial charge in [0, 0.05) is 44.8 Å². The van der Waals surface area contributed by atoms with Gasteiger partial charge in [-0.15, -0.1) is 0 Å². The largest absolute Gasteiger partial charge is 0.352 e. The van der Waals surface area contributed by atoms with Gasteiger partial charge in [-0.25, -0.2) is 0 Å². The molecular weight excluding hydrogens is 300 g/mol. The van der Waals surface area contributed by atoms with Crippen molar-refractivity contribution in [2.45, 2.75) is 19.4 Å². The van der Waals surface area contributed by atoms with Crippen LogP contribution >= 0.6 is 0 Å². The fourth-order valence-electron chi connectivity index (χ4n) is 3.48. The van der Waals surface area contributed by atoms with Crippen LogP contribution in [0.4, 0.5) is 0 Å². The molecule has 1 aromatic carbocycles. The molecule has 1 aromatic rings. The maximum atomic E-state index is 12.2. The smallest absolute Gasteiger partial charge is 0.251 e. The van der Waals surface area contributed by atoms with Crippen LogP contribution in [-0.4, -0.2) is 68.6 Å². The topological polar surface area (TPSA) is 47.6 Å². The minimum absolute atomic E-state index is 0.0482. The first-order chi connectivity index (χ1) is 11.7. The van der Waals surface area contributed by atoms with Crippen molar-refractivity contribution < 1.29 is 4.79 Å². The number of amides is 1. The van der Waals surface area contributed by atoms with E-state index < -0.39 is 0 Å². The predicted molar refractivity (Wildman–Crippen MR) is 97.1 cm³/mol. The summed E-state index contributed by atoms with van der Waals surface area (Å²) >= 11 is 0. The van der Waals surface area contributed by atoms with Gasteiger partial charge in [0.15, 0.2) is 0 Å². The molecule has 5 heteroatoms. The SMILES string of the molecule is CN1CCN(Cc2ccc(C(=O)NCCC3CCNC3)cc2)CC1. The van der Waals surface area contributed by atoms with Gasteiger partial charge in [-0.2, -0.15) is 0 Å². The number of piperazine rings is 1. The van der Waals surface area contributed by atoms with Crippen LogP contribution in [0.15, 0.2) is 24.3 Å². The first kappa shape index (κ1) is 17.4. The van der Waals surface area contributed by atoms with E-state index in [0.29, 0.717) is 0 Å². The summed E-state index contributed by atoms with van der Waals surface area (Å²) < 4.78 is 0. The quantitative estimate of drug-likeness (QED) is 0.822. The highest BCUT2D eigenvalue weighted by Gasteiger charge is 2.15. The summed E-state index contributed by atoms with van der Waals surface area (Å²) in [4.78, 5) is 17.1. The van der Waals surface area contributed by atoms with Crippen LogP contribution in [0, 0.1) is 5.92 Å². The van der Waals surface area contributed by atoms with Crippen molar-refractivity contribution in [2.24, 2.45) is 5.92 Å². The van der Waals surface area contributed by atoms with E-state index in [1.807, 2.05) is 12.1 Å². The van der Waals surface area contributed by atoms with Gasteiger partial charge in [0.2, 0.25) is 0 Å².